The lowest BCUT2D eigenvalue weighted by molar-refractivity contribution is -0.0466. The smallest absolute Gasteiger partial charge is 0.410 e. The van der Waals surface area contributed by atoms with Crippen LogP contribution in [0.2, 0.25) is 0 Å². The van der Waals surface area contributed by atoms with Crippen molar-refractivity contribution in [3.63, 3.8) is 0 Å². The first-order valence-corrected chi connectivity index (χ1v) is 14.5. The lowest BCUT2D eigenvalue weighted by Gasteiger charge is -2.53. The van der Waals surface area contributed by atoms with Gasteiger partial charge in [0.05, 0.1) is 18.2 Å². The average molecular weight is 602 g/mol. The molecular formula is C31H38F3N5O4. The number of benzene rings is 1. The molecule has 2 amide bonds. The topological polar surface area (TPSA) is 98.0 Å². The Labute approximate surface area is 248 Å². The van der Waals surface area contributed by atoms with Crippen LogP contribution in [0.25, 0.3) is 5.57 Å². The summed E-state index contributed by atoms with van der Waals surface area (Å²) in [5.41, 5.74) is -0.578. The molecule has 0 spiro atoms. The molecule has 1 unspecified atom stereocenters. The van der Waals surface area contributed by atoms with E-state index < -0.39 is 41.5 Å². The molecule has 232 valence electrons. The molecule has 3 heterocycles. The summed E-state index contributed by atoms with van der Waals surface area (Å²) in [6, 6.07) is 7.51. The first-order valence-electron chi connectivity index (χ1n) is 14.5. The Bertz CT molecular complexity index is 1460. The van der Waals surface area contributed by atoms with Gasteiger partial charge in [-0.2, -0.15) is 0 Å². The van der Waals surface area contributed by atoms with E-state index in [4.69, 9.17) is 4.74 Å². The summed E-state index contributed by atoms with van der Waals surface area (Å²) in [6.07, 6.45) is 1.80. The molecule has 5 rings (SSSR count). The second-order valence-corrected chi connectivity index (χ2v) is 12.2. The van der Waals surface area contributed by atoms with E-state index in [1.807, 2.05) is 37.3 Å². The van der Waals surface area contributed by atoms with Gasteiger partial charge in [0, 0.05) is 36.6 Å². The summed E-state index contributed by atoms with van der Waals surface area (Å²) in [5, 5.41) is 2.80. The van der Waals surface area contributed by atoms with Gasteiger partial charge in [0.15, 0.2) is 6.30 Å². The number of aromatic amines is 1. The number of piperazine rings is 1. The number of carbonyl (C=O) groups is 2. The van der Waals surface area contributed by atoms with Crippen molar-refractivity contribution in [3.05, 3.63) is 69.6 Å². The number of hydrogen-bond donors (Lipinski definition) is 2. The van der Waals surface area contributed by atoms with Gasteiger partial charge in [-0.3, -0.25) is 14.5 Å². The zero-order valence-corrected chi connectivity index (χ0v) is 24.8. The lowest BCUT2D eigenvalue weighted by atomic mass is 9.82. The Morgan fingerprint density at radius 1 is 1.16 bits per heavy atom. The fraction of sp³-hybridized carbons (Fsp3) is 0.516. The van der Waals surface area contributed by atoms with Crippen LogP contribution in [0.1, 0.15) is 74.4 Å². The molecule has 3 aliphatic rings. The molecule has 2 N–H and O–H groups in total. The zero-order valence-electron chi connectivity index (χ0n) is 24.8. The van der Waals surface area contributed by atoms with Crippen LogP contribution in [0.3, 0.4) is 0 Å². The third-order valence-corrected chi connectivity index (χ3v) is 9.16. The molecule has 9 nitrogen and oxygen atoms in total. The number of carbonyl (C=O) groups excluding carboxylic acids is 2. The van der Waals surface area contributed by atoms with E-state index >= 15 is 4.39 Å². The number of halogens is 3. The summed E-state index contributed by atoms with van der Waals surface area (Å²) in [5.74, 6) is -0.801. The zero-order chi connectivity index (χ0) is 31.1. The van der Waals surface area contributed by atoms with Crippen molar-refractivity contribution in [2.45, 2.75) is 76.5 Å². The second kappa shape index (κ2) is 11.7. The van der Waals surface area contributed by atoms with Gasteiger partial charge in [0.1, 0.15) is 11.3 Å². The molecule has 1 aromatic heterocycles. The first-order chi connectivity index (χ1) is 20.3. The fourth-order valence-electron chi connectivity index (χ4n) is 5.98. The number of aromatic nitrogens is 1. The molecule has 2 aliphatic heterocycles. The predicted molar refractivity (Wildman–Crippen MR) is 157 cm³/mol. The van der Waals surface area contributed by atoms with Crippen molar-refractivity contribution >= 4 is 23.3 Å². The van der Waals surface area contributed by atoms with Crippen molar-refractivity contribution in [3.8, 4) is 0 Å². The van der Waals surface area contributed by atoms with Gasteiger partial charge in [-0.05, 0) is 76.8 Å². The maximum atomic E-state index is 15.7. The van der Waals surface area contributed by atoms with E-state index in [1.165, 1.54) is 0 Å². The molecule has 2 fully saturated rings. The minimum Gasteiger partial charge on any atom is -0.443 e. The average Bonchev–Trinajstić information content (AvgIpc) is 2.97. The number of pyridine rings is 1. The Morgan fingerprint density at radius 2 is 1.86 bits per heavy atom. The number of anilines is 1. The molecule has 2 aromatic rings. The van der Waals surface area contributed by atoms with Crippen molar-refractivity contribution in [2.75, 3.05) is 31.6 Å². The summed E-state index contributed by atoms with van der Waals surface area (Å²) >= 11 is 0. The predicted octanol–water partition coefficient (Wildman–Crippen LogP) is 5.06. The van der Waals surface area contributed by atoms with Crippen molar-refractivity contribution < 1.29 is 27.5 Å². The fourth-order valence-corrected chi connectivity index (χ4v) is 5.98. The number of rotatable bonds is 6. The molecular weight excluding hydrogens is 563 g/mol. The van der Waals surface area contributed by atoms with Crippen molar-refractivity contribution in [1.29, 1.82) is 0 Å². The Hall–Kier alpha value is -3.80. The highest BCUT2D eigenvalue weighted by atomic mass is 19.3. The summed E-state index contributed by atoms with van der Waals surface area (Å²) in [7, 11) is 1.67. The minimum absolute atomic E-state index is 0.0339. The minimum atomic E-state index is -3.02. The Morgan fingerprint density at radius 3 is 2.44 bits per heavy atom. The largest absolute Gasteiger partial charge is 0.443 e. The van der Waals surface area contributed by atoms with Gasteiger partial charge in [-0.15, -0.1) is 0 Å². The van der Waals surface area contributed by atoms with E-state index in [0.29, 0.717) is 31.3 Å². The first kappa shape index (κ1) is 30.7. The SMILES string of the molecule is C[C@@H]1C(F)N(c2ccc(C3=CCN(C(=O)OC4(C)CCC4)CC3)cc2)C[C@@](C)(NC(=O)c2c[nH]c(=O)cc2C(F)F)N1C. The maximum Gasteiger partial charge on any atom is 0.410 e. The number of hydrogen-bond acceptors (Lipinski definition) is 6. The number of H-pyrrole nitrogens is 1. The van der Waals surface area contributed by atoms with Crippen LogP contribution >= 0.6 is 0 Å². The highest BCUT2D eigenvalue weighted by Gasteiger charge is 2.46. The summed E-state index contributed by atoms with van der Waals surface area (Å²) in [6.45, 7) is 6.40. The van der Waals surface area contributed by atoms with Gasteiger partial charge >= 0.3 is 6.09 Å². The molecule has 43 heavy (non-hydrogen) atoms. The van der Waals surface area contributed by atoms with Gasteiger partial charge in [0.25, 0.3) is 12.3 Å². The van der Waals surface area contributed by atoms with Crippen LogP contribution < -0.4 is 15.8 Å². The van der Waals surface area contributed by atoms with E-state index in [0.717, 1.165) is 36.6 Å². The van der Waals surface area contributed by atoms with Gasteiger partial charge in [0.2, 0.25) is 5.56 Å². The molecule has 3 atom stereocenters. The Kier molecular flexibility index (Phi) is 8.34. The third-order valence-electron chi connectivity index (χ3n) is 9.16. The quantitative estimate of drug-likeness (QED) is 0.450. The highest BCUT2D eigenvalue weighted by Crippen LogP contribution is 2.36. The van der Waals surface area contributed by atoms with Crippen molar-refractivity contribution in [2.24, 2.45) is 0 Å². The van der Waals surface area contributed by atoms with E-state index in [1.54, 1.807) is 35.6 Å². The lowest BCUT2D eigenvalue weighted by Crippen LogP contribution is -2.72. The second-order valence-electron chi connectivity index (χ2n) is 12.2. The van der Waals surface area contributed by atoms with Crippen LogP contribution in [0.5, 0.6) is 0 Å². The van der Waals surface area contributed by atoms with Gasteiger partial charge in [-0.25, -0.2) is 18.0 Å². The van der Waals surface area contributed by atoms with Crippen molar-refractivity contribution in [1.82, 2.24) is 20.1 Å². The number of nitrogens with zero attached hydrogens (tertiary/aromatic N) is 3. The standard InChI is InChI=1S/C31H38F3N5O4/c1-19-27(34)39(18-31(3,37(19)4)36-28(41)24-17-35-25(40)16-23(24)26(32)33)22-8-6-20(7-9-22)21-10-14-38(15-11-21)29(42)43-30(2)12-5-13-30/h6-10,16-17,19,26-27H,5,11-15,18H2,1-4H3,(H,35,40)(H,36,41)/t19-,27?,31+/m1/s1. The Balaban J connectivity index is 1.29. The molecule has 0 radical (unpaired) electrons. The summed E-state index contributed by atoms with van der Waals surface area (Å²) < 4.78 is 48.5. The molecule has 0 bridgehead atoms. The van der Waals surface area contributed by atoms with Crippen LogP contribution in [-0.2, 0) is 4.74 Å². The number of likely N-dealkylation sites (N-methyl/N-ethyl adjacent to an activating group) is 1. The normalized spacial score (nSPS) is 25.6. The van der Waals surface area contributed by atoms with Gasteiger partial charge in [-0.1, -0.05) is 18.2 Å². The number of amides is 2. The summed E-state index contributed by atoms with van der Waals surface area (Å²) in [4.78, 5) is 44.5. The molecule has 1 saturated heterocycles. The maximum absolute atomic E-state index is 15.7. The molecule has 1 aliphatic carbocycles. The van der Waals surface area contributed by atoms with E-state index in [9.17, 15) is 23.2 Å². The van der Waals surface area contributed by atoms with E-state index in [-0.39, 0.29) is 23.8 Å². The van der Waals surface area contributed by atoms with Crippen LogP contribution in [-0.4, -0.2) is 77.1 Å². The number of nitrogens with one attached hydrogen (secondary N) is 2. The third kappa shape index (κ3) is 6.15. The van der Waals surface area contributed by atoms with Crippen LogP contribution in [0.15, 0.2) is 47.4 Å². The molecule has 1 aromatic carbocycles. The van der Waals surface area contributed by atoms with Crippen LogP contribution in [0, 0.1) is 0 Å². The van der Waals surface area contributed by atoms with Crippen LogP contribution in [0.4, 0.5) is 23.7 Å². The van der Waals surface area contributed by atoms with Gasteiger partial charge < -0.3 is 24.8 Å². The molecule has 1 saturated carbocycles. The monoisotopic (exact) mass is 601 g/mol. The highest BCUT2D eigenvalue weighted by molar-refractivity contribution is 5.96. The number of alkyl halides is 3. The number of ether oxygens (including phenoxy) is 1. The molecule has 12 heteroatoms. The van der Waals surface area contributed by atoms with E-state index in [2.05, 4.69) is 10.3 Å².